The SMILES string of the molecule is O=C([C@H](Cc1c[nH]c2ccccc12)NS(=O)(=O)c1ccc(Cl)c(C(F)(F)F)c1)N1CCCC1. The molecule has 11 heteroatoms. The Morgan fingerprint density at radius 2 is 1.85 bits per heavy atom. The van der Waals surface area contributed by atoms with Gasteiger partial charge in [-0.05, 0) is 49.1 Å². The number of para-hydroxylation sites is 1. The minimum atomic E-state index is -4.82. The molecule has 0 spiro atoms. The monoisotopic (exact) mass is 499 g/mol. The molecule has 1 aliphatic heterocycles. The zero-order valence-corrected chi connectivity index (χ0v) is 18.9. The molecule has 1 atom stereocenters. The van der Waals surface area contributed by atoms with E-state index in [0.29, 0.717) is 19.2 Å². The first-order chi connectivity index (χ1) is 15.6. The summed E-state index contributed by atoms with van der Waals surface area (Å²) in [5, 5.41) is 0.228. The number of fused-ring (bicyclic) bond motifs is 1. The molecule has 1 fully saturated rings. The van der Waals surface area contributed by atoms with Crippen LogP contribution in [0.25, 0.3) is 10.9 Å². The van der Waals surface area contributed by atoms with E-state index in [1.165, 1.54) is 0 Å². The molecule has 33 heavy (non-hydrogen) atoms. The van der Waals surface area contributed by atoms with Crippen molar-refractivity contribution in [2.24, 2.45) is 0 Å². The molecule has 4 rings (SSSR count). The molecule has 1 aromatic heterocycles. The normalized spacial score (nSPS) is 15.8. The summed E-state index contributed by atoms with van der Waals surface area (Å²) < 4.78 is 68.2. The van der Waals surface area contributed by atoms with E-state index >= 15 is 0 Å². The summed E-state index contributed by atoms with van der Waals surface area (Å²) in [7, 11) is -4.46. The van der Waals surface area contributed by atoms with Crippen LogP contribution in [0.3, 0.4) is 0 Å². The van der Waals surface area contributed by atoms with Gasteiger partial charge in [0.1, 0.15) is 6.04 Å². The van der Waals surface area contributed by atoms with Crippen molar-refractivity contribution in [3.8, 4) is 0 Å². The number of sulfonamides is 1. The summed E-state index contributed by atoms with van der Waals surface area (Å²) in [6, 6.07) is 8.54. The van der Waals surface area contributed by atoms with Crippen molar-refractivity contribution in [1.29, 1.82) is 0 Å². The first-order valence-corrected chi connectivity index (χ1v) is 12.2. The first kappa shape index (κ1) is 23.6. The van der Waals surface area contributed by atoms with Crippen LogP contribution >= 0.6 is 11.6 Å². The Hall–Kier alpha value is -2.56. The van der Waals surface area contributed by atoms with Crippen molar-refractivity contribution in [2.45, 2.75) is 36.4 Å². The lowest BCUT2D eigenvalue weighted by Gasteiger charge is -2.24. The molecule has 2 N–H and O–H groups in total. The van der Waals surface area contributed by atoms with Crippen LogP contribution < -0.4 is 4.72 Å². The fourth-order valence-corrected chi connectivity index (χ4v) is 5.44. The Morgan fingerprint density at radius 3 is 2.55 bits per heavy atom. The van der Waals surface area contributed by atoms with Crippen LogP contribution in [0.4, 0.5) is 13.2 Å². The summed E-state index contributed by atoms with van der Waals surface area (Å²) in [5.74, 6) is -0.411. The molecule has 0 bridgehead atoms. The van der Waals surface area contributed by atoms with Crippen LogP contribution in [0.15, 0.2) is 53.6 Å². The third-order valence-corrected chi connectivity index (χ3v) is 7.46. The van der Waals surface area contributed by atoms with Gasteiger partial charge in [0.25, 0.3) is 0 Å². The number of amides is 1. The number of hydrogen-bond acceptors (Lipinski definition) is 3. The van der Waals surface area contributed by atoms with Crippen LogP contribution in [0.1, 0.15) is 24.0 Å². The maximum atomic E-state index is 13.2. The van der Waals surface area contributed by atoms with Crippen molar-refractivity contribution in [2.75, 3.05) is 13.1 Å². The topological polar surface area (TPSA) is 82.3 Å². The van der Waals surface area contributed by atoms with Gasteiger partial charge in [0, 0.05) is 30.2 Å². The molecule has 0 radical (unpaired) electrons. The number of carbonyl (C=O) groups excluding carboxylic acids is 1. The van der Waals surface area contributed by atoms with Crippen LogP contribution in [-0.4, -0.2) is 43.3 Å². The molecule has 1 amide bonds. The number of carbonyl (C=O) groups is 1. The zero-order chi connectivity index (χ0) is 23.8. The number of nitrogens with zero attached hydrogens (tertiary/aromatic N) is 1. The van der Waals surface area contributed by atoms with E-state index < -0.39 is 43.6 Å². The Kier molecular flexibility index (Phi) is 6.43. The van der Waals surface area contributed by atoms with Crippen molar-refractivity contribution in [3.05, 3.63) is 64.8 Å². The van der Waals surface area contributed by atoms with Gasteiger partial charge in [0.05, 0.1) is 15.5 Å². The van der Waals surface area contributed by atoms with Crippen molar-refractivity contribution < 1.29 is 26.4 Å². The van der Waals surface area contributed by atoms with Crippen LogP contribution in [-0.2, 0) is 27.4 Å². The molecule has 1 aliphatic rings. The van der Waals surface area contributed by atoms with Gasteiger partial charge in [-0.15, -0.1) is 0 Å². The molecular weight excluding hydrogens is 479 g/mol. The molecule has 0 unspecified atom stereocenters. The highest BCUT2D eigenvalue weighted by atomic mass is 35.5. The minimum Gasteiger partial charge on any atom is -0.361 e. The lowest BCUT2D eigenvalue weighted by molar-refractivity contribution is -0.137. The second kappa shape index (κ2) is 9.00. The fourth-order valence-electron chi connectivity index (χ4n) is 4.00. The molecular formula is C22H21ClF3N3O3S. The maximum Gasteiger partial charge on any atom is 0.417 e. The maximum absolute atomic E-state index is 13.2. The molecule has 0 saturated carbocycles. The zero-order valence-electron chi connectivity index (χ0n) is 17.3. The van der Waals surface area contributed by atoms with E-state index in [1.807, 2.05) is 24.3 Å². The number of likely N-dealkylation sites (tertiary alicyclic amines) is 1. The molecule has 1 saturated heterocycles. The van der Waals surface area contributed by atoms with Gasteiger partial charge in [-0.3, -0.25) is 4.79 Å². The second-order valence-corrected chi connectivity index (χ2v) is 10.0. The molecule has 176 valence electrons. The highest BCUT2D eigenvalue weighted by Gasteiger charge is 2.36. The number of nitrogens with one attached hydrogen (secondary N) is 2. The van der Waals surface area contributed by atoms with Crippen LogP contribution in [0, 0.1) is 0 Å². The largest absolute Gasteiger partial charge is 0.417 e. The van der Waals surface area contributed by atoms with Gasteiger partial charge < -0.3 is 9.88 Å². The van der Waals surface area contributed by atoms with Crippen LogP contribution in [0.5, 0.6) is 0 Å². The summed E-state index contributed by atoms with van der Waals surface area (Å²) in [6.07, 6.45) is -1.46. The van der Waals surface area contributed by atoms with E-state index in [4.69, 9.17) is 11.6 Å². The third kappa shape index (κ3) is 5.02. The summed E-state index contributed by atoms with van der Waals surface area (Å²) >= 11 is 5.62. The van der Waals surface area contributed by atoms with Crippen molar-refractivity contribution in [1.82, 2.24) is 14.6 Å². The molecule has 6 nitrogen and oxygen atoms in total. The number of benzene rings is 2. The molecule has 0 aliphatic carbocycles. The van der Waals surface area contributed by atoms with E-state index in [-0.39, 0.29) is 6.42 Å². The van der Waals surface area contributed by atoms with Gasteiger partial charge in [0.2, 0.25) is 15.9 Å². The second-order valence-electron chi connectivity index (χ2n) is 7.91. The Morgan fingerprint density at radius 1 is 1.15 bits per heavy atom. The Bertz CT molecular complexity index is 1280. The minimum absolute atomic E-state index is 0.0400. The van der Waals surface area contributed by atoms with Gasteiger partial charge in [-0.25, -0.2) is 8.42 Å². The highest BCUT2D eigenvalue weighted by Crippen LogP contribution is 2.36. The summed E-state index contributed by atoms with van der Waals surface area (Å²) in [6.45, 7) is 1.01. The highest BCUT2D eigenvalue weighted by molar-refractivity contribution is 7.89. The number of H-pyrrole nitrogens is 1. The van der Waals surface area contributed by atoms with Crippen molar-refractivity contribution in [3.63, 3.8) is 0 Å². The number of hydrogen-bond donors (Lipinski definition) is 2. The number of aromatic amines is 1. The molecule has 2 aromatic carbocycles. The van der Waals surface area contributed by atoms with Crippen LogP contribution in [0.2, 0.25) is 5.02 Å². The standard InChI is InChI=1S/C22H21ClF3N3O3S/c23-18-8-7-15(12-17(18)22(24,25)26)33(31,32)28-20(21(30)29-9-3-4-10-29)11-14-13-27-19-6-2-1-5-16(14)19/h1-2,5-8,12-13,20,27-28H,3-4,9-11H2/t20-/m0/s1. The van der Waals surface area contributed by atoms with Gasteiger partial charge in [0.15, 0.2) is 0 Å². The van der Waals surface area contributed by atoms with Crippen molar-refractivity contribution >= 4 is 38.4 Å². The summed E-state index contributed by atoms with van der Waals surface area (Å²) in [4.78, 5) is 17.2. The number of alkyl halides is 3. The predicted molar refractivity (Wildman–Crippen MR) is 118 cm³/mol. The predicted octanol–water partition coefficient (Wildman–Crippen LogP) is 4.35. The van der Waals surface area contributed by atoms with Gasteiger partial charge in [-0.2, -0.15) is 17.9 Å². The fraction of sp³-hybridized carbons (Fsp3) is 0.318. The number of aromatic nitrogens is 1. The Labute approximate surface area is 193 Å². The van der Waals surface area contributed by atoms with Gasteiger partial charge >= 0.3 is 6.18 Å². The van der Waals surface area contributed by atoms with E-state index in [1.54, 1.807) is 11.1 Å². The molecule has 2 heterocycles. The molecule has 3 aromatic rings. The first-order valence-electron chi connectivity index (χ1n) is 10.3. The average molecular weight is 500 g/mol. The summed E-state index contributed by atoms with van der Waals surface area (Å²) in [5.41, 5.74) is 0.291. The average Bonchev–Trinajstić information content (AvgIpc) is 3.42. The van der Waals surface area contributed by atoms with E-state index in [0.717, 1.165) is 41.4 Å². The smallest absolute Gasteiger partial charge is 0.361 e. The van der Waals surface area contributed by atoms with E-state index in [9.17, 15) is 26.4 Å². The quantitative estimate of drug-likeness (QED) is 0.529. The number of rotatable bonds is 6. The van der Waals surface area contributed by atoms with E-state index in [2.05, 4.69) is 9.71 Å². The Balaban J connectivity index is 1.68. The number of halogens is 4. The third-order valence-electron chi connectivity index (χ3n) is 5.67. The lowest BCUT2D eigenvalue weighted by atomic mass is 10.0. The lowest BCUT2D eigenvalue weighted by Crippen LogP contribution is -2.48. The van der Waals surface area contributed by atoms with Gasteiger partial charge in [-0.1, -0.05) is 29.8 Å².